The van der Waals surface area contributed by atoms with E-state index in [9.17, 15) is 0 Å². The smallest absolute Gasteiger partial charge is 0 e. The Bertz CT molecular complexity index is 16.8. The van der Waals surface area contributed by atoms with Crippen LogP contribution in [-0.4, -0.2) is 11.7 Å². The van der Waals surface area contributed by atoms with E-state index in [4.69, 9.17) is 5.11 Å². The average Bonchev–Trinajstić information content (AvgIpc) is 1.37. The topological polar surface area (TPSA) is 20.2 Å². The van der Waals surface area contributed by atoms with Gasteiger partial charge in [-0.25, -0.2) is 0 Å². The first-order valence-corrected chi connectivity index (χ1v) is 1.30. The van der Waals surface area contributed by atoms with E-state index in [1.54, 1.807) is 13.3 Å². The van der Waals surface area contributed by atoms with Gasteiger partial charge in [0.15, 0.2) is 0 Å². The van der Waals surface area contributed by atoms with Crippen LogP contribution in [0, 0.1) is 6.42 Å². The van der Waals surface area contributed by atoms with Crippen LogP contribution >= 0.6 is 0 Å². The van der Waals surface area contributed by atoms with Gasteiger partial charge in [0, 0.05) is 294 Å². The second-order valence-electron chi connectivity index (χ2n) is 0.591. The molecule has 0 aromatic carbocycles. The summed E-state index contributed by atoms with van der Waals surface area (Å²) >= 11 is 0. The molecule has 9 radical (unpaired) electrons. The Morgan fingerprint density at radius 3 is 0.769 bits per heavy atom. The maximum Gasteiger partial charge on any atom is 0 e. The van der Waals surface area contributed by atoms with Crippen molar-refractivity contribution in [2.75, 3.05) is 6.61 Å². The van der Waals surface area contributed by atoms with Gasteiger partial charge in [-0.15, -0.1) is 0 Å². The zero-order chi connectivity index (χ0) is 3.41. The van der Waals surface area contributed by atoms with Crippen molar-refractivity contribution in [3.63, 3.8) is 0 Å². The first kappa shape index (κ1) is 66.0. The Morgan fingerprint density at radius 2 is 0.769 bits per heavy atom. The predicted molar refractivity (Wildman–Crippen MR) is 17.1 cm³/mol. The van der Waals surface area contributed by atoms with Crippen molar-refractivity contribution >= 4 is 0 Å². The Hall–Kier alpha value is 9.90. The van der Waals surface area contributed by atoms with E-state index in [1.807, 2.05) is 0 Å². The zero-order valence-corrected chi connectivity index (χ0v) is 33.5. The molecule has 0 aliphatic carbocycles. The molecule has 0 saturated carbocycles. The van der Waals surface area contributed by atoms with Gasteiger partial charge in [-0.05, 0) is 0 Å². The van der Waals surface area contributed by atoms with Gasteiger partial charge in [0.25, 0.3) is 0 Å². The van der Waals surface area contributed by atoms with Crippen molar-refractivity contribution in [1.29, 1.82) is 0 Å². The van der Waals surface area contributed by atoms with Gasteiger partial charge in [-0.3, -0.25) is 0 Å². The van der Waals surface area contributed by atoms with Gasteiger partial charge in [-0.2, -0.15) is 6.92 Å². The van der Waals surface area contributed by atoms with Crippen molar-refractivity contribution in [3.05, 3.63) is 6.42 Å². The molecule has 0 aromatic heterocycles. The third kappa shape index (κ3) is 73.0. The molecule has 0 aliphatic rings. The van der Waals surface area contributed by atoms with E-state index in [1.165, 1.54) is 0 Å². The van der Waals surface area contributed by atoms with E-state index in [2.05, 4.69) is 0 Å². The zero-order valence-electron chi connectivity index (χ0n) is 7.93. The van der Waals surface area contributed by atoms with Gasteiger partial charge in [0.1, 0.15) is 0 Å². The van der Waals surface area contributed by atoms with E-state index in [0.717, 1.165) is 0 Å². The molecule has 0 fully saturated rings. The van der Waals surface area contributed by atoms with Crippen molar-refractivity contribution in [2.24, 2.45) is 0 Å². The summed E-state index contributed by atoms with van der Waals surface area (Å²) in [4.78, 5) is 0. The van der Waals surface area contributed by atoms with Gasteiger partial charge < -0.3 is 11.5 Å². The van der Waals surface area contributed by atoms with E-state index >= 15 is 0 Å². The molecule has 0 bridgehead atoms. The van der Waals surface area contributed by atoms with Crippen LogP contribution in [0.15, 0.2) is 0 Å². The molecule has 1 nitrogen and oxygen atoms in total. The Kier molecular flexibility index (Phi) is 343. The molecule has 0 aromatic rings. The van der Waals surface area contributed by atoms with Crippen LogP contribution in [0.1, 0.15) is 6.92 Å². The monoisotopic (exact) mass is 859 g/mol. The van der Waals surface area contributed by atoms with Crippen molar-refractivity contribution in [3.8, 4) is 0 Å². The molecule has 0 aliphatic heterocycles. The first-order valence-electron chi connectivity index (χ1n) is 1.30. The van der Waals surface area contributed by atoms with E-state index < -0.39 is 0 Å². The number of hydrogen-bond acceptors (Lipinski definition) is 1. The molecule has 0 atom stereocenters. The molecule has 0 unspecified atom stereocenters. The summed E-state index contributed by atoms with van der Waals surface area (Å²) in [6, 6.07) is 0. The van der Waals surface area contributed by atoms with Gasteiger partial charge in [-0.1, -0.05) is 6.61 Å². The molecular formula is C3H7OY9-. The van der Waals surface area contributed by atoms with Gasteiger partial charge in [0.2, 0.25) is 0 Å². The van der Waals surface area contributed by atoms with Crippen LogP contribution in [-0.2, 0) is 294 Å². The van der Waals surface area contributed by atoms with Crippen molar-refractivity contribution < 1.29 is 299 Å². The number of aliphatic hydroxyl groups excluding tert-OH is 1. The second-order valence-corrected chi connectivity index (χ2v) is 0.591. The maximum absolute atomic E-state index is 7.82. The van der Waals surface area contributed by atoms with Crippen LogP contribution in [0.2, 0.25) is 0 Å². The minimum atomic E-state index is 0. The van der Waals surface area contributed by atoms with Crippen LogP contribution in [0.25, 0.3) is 0 Å². The Morgan fingerprint density at radius 1 is 0.692 bits per heavy atom. The standard InChI is InChI=1S/C3H7O.9Y/c1-2-3-4;;;;;;;;;/h2,4H,3H2,1H3;;;;;;;;;/q-1;;;;;;;;;. The molecule has 0 rings (SSSR count). The number of hydrogen-bond donors (Lipinski definition) is 1. The molecule has 0 heterocycles. The summed E-state index contributed by atoms with van der Waals surface area (Å²) in [5.41, 5.74) is 0. The normalized spacial score (nSPS) is 2.31. The summed E-state index contributed by atoms with van der Waals surface area (Å²) in [5, 5.41) is 7.82. The summed E-state index contributed by atoms with van der Waals surface area (Å²) in [6.07, 6.45) is 1.68. The van der Waals surface area contributed by atoms with Crippen LogP contribution < -0.4 is 0 Å². The van der Waals surface area contributed by atoms with Gasteiger partial charge >= 0.3 is 0 Å². The fourth-order valence-corrected chi connectivity index (χ4v) is 0. The summed E-state index contributed by atoms with van der Waals surface area (Å²) < 4.78 is 0. The largest absolute Gasteiger partial charge is 0.428 e. The minimum absolute atomic E-state index is 0. The van der Waals surface area contributed by atoms with Gasteiger partial charge in [0.05, 0.1) is 0 Å². The second kappa shape index (κ2) is 67.6. The number of aliphatic hydroxyl groups is 1. The summed E-state index contributed by atoms with van der Waals surface area (Å²) in [7, 11) is 0. The third-order valence-electron chi connectivity index (χ3n) is 0.183. The van der Waals surface area contributed by atoms with E-state index in [-0.39, 0.29) is 301 Å². The number of rotatable bonds is 1. The Balaban J connectivity index is -0.00000000125. The predicted octanol–water partition coefficient (Wildman–Crippen LogP) is 0.180. The van der Waals surface area contributed by atoms with Crippen LogP contribution in [0.5, 0.6) is 0 Å². The van der Waals surface area contributed by atoms with Crippen molar-refractivity contribution in [2.45, 2.75) is 6.92 Å². The van der Waals surface area contributed by atoms with E-state index in [0.29, 0.717) is 0 Å². The summed E-state index contributed by atoms with van der Waals surface area (Å²) in [5.74, 6) is 0. The maximum atomic E-state index is 7.82. The van der Waals surface area contributed by atoms with Crippen LogP contribution in [0.3, 0.4) is 0 Å². The molecule has 0 saturated heterocycles. The summed E-state index contributed by atoms with van der Waals surface area (Å²) in [6.45, 7) is 2.00. The Labute approximate surface area is 309 Å². The molecule has 53 valence electrons. The fourth-order valence-electron chi connectivity index (χ4n) is 0. The van der Waals surface area contributed by atoms with Crippen LogP contribution in [0.4, 0.5) is 0 Å². The molecule has 0 amide bonds. The first-order chi connectivity index (χ1) is 1.91. The molecule has 13 heavy (non-hydrogen) atoms. The average molecular weight is 859 g/mol. The SMILES string of the molecule is C[CH-]CO.[Y].[Y].[Y].[Y].[Y].[Y].[Y].[Y].[Y]. The molecule has 0 spiro atoms. The fraction of sp³-hybridized carbons (Fsp3) is 0.667. The quantitative estimate of drug-likeness (QED) is 0.374. The molecule has 10 heteroatoms. The third-order valence-corrected chi connectivity index (χ3v) is 0.183. The van der Waals surface area contributed by atoms with Crippen molar-refractivity contribution in [1.82, 2.24) is 0 Å². The molecular weight excluding hydrogens is 852 g/mol. The minimum Gasteiger partial charge on any atom is -0.428 e. The molecule has 1 N–H and O–H groups in total.